The van der Waals surface area contributed by atoms with E-state index in [0.717, 1.165) is 0 Å². The Morgan fingerprint density at radius 1 is 1.40 bits per heavy atom. The third kappa shape index (κ3) is 4.84. The molecule has 1 fully saturated rings. The van der Waals surface area contributed by atoms with Gasteiger partial charge in [0.25, 0.3) is 0 Å². The summed E-state index contributed by atoms with van der Waals surface area (Å²) in [5.41, 5.74) is -0.253. The number of nitrogens with zero attached hydrogens (tertiary/aromatic N) is 2. The van der Waals surface area contributed by atoms with E-state index in [9.17, 15) is 13.2 Å². The molecular weight excluding hydrogens is 364 g/mol. The molecule has 0 unspecified atom stereocenters. The van der Waals surface area contributed by atoms with Crippen molar-refractivity contribution in [2.45, 2.75) is 38.1 Å². The van der Waals surface area contributed by atoms with E-state index >= 15 is 0 Å². The molecule has 25 heavy (non-hydrogen) atoms. The van der Waals surface area contributed by atoms with Crippen LogP contribution in [0.5, 0.6) is 0 Å². The van der Waals surface area contributed by atoms with Gasteiger partial charge in [0, 0.05) is 30.2 Å². The molecule has 1 saturated heterocycles. The van der Waals surface area contributed by atoms with Gasteiger partial charge in [0.1, 0.15) is 4.90 Å². The zero-order valence-corrected chi connectivity index (χ0v) is 15.9. The van der Waals surface area contributed by atoms with Crippen LogP contribution < -0.4 is 10.0 Å². The van der Waals surface area contributed by atoms with E-state index < -0.39 is 15.4 Å². The number of amides is 1. The molecule has 0 aromatic heterocycles. The van der Waals surface area contributed by atoms with Crippen molar-refractivity contribution >= 4 is 33.2 Å². The molecule has 1 heterocycles. The molecule has 0 aliphatic carbocycles. The summed E-state index contributed by atoms with van der Waals surface area (Å²) in [4.78, 5) is 13.5. The Balaban J connectivity index is 2.21. The number of nitrogens with one attached hydrogen (secondary N) is 2. The quantitative estimate of drug-likeness (QED) is 0.774. The van der Waals surface area contributed by atoms with Gasteiger partial charge in [0.2, 0.25) is 15.9 Å². The second kappa shape index (κ2) is 7.20. The zero-order valence-electron chi connectivity index (χ0n) is 14.3. The first kappa shape index (κ1) is 19.5. The minimum absolute atomic E-state index is 0.0661. The number of carbonyl (C=O) groups is 1. The van der Waals surface area contributed by atoms with Gasteiger partial charge in [-0.1, -0.05) is 32.4 Å². The lowest BCUT2D eigenvalue weighted by Crippen LogP contribution is -2.36. The van der Waals surface area contributed by atoms with Gasteiger partial charge < -0.3 is 10.2 Å². The standard InChI is InChI=1S/C16H21ClN4O3S/c1-16(2,3)15(22)19-11-4-5-13(17)14(8-11)25(23,24)20-12-6-7-21(9-12)10-18/h4-5,8,12,20H,6-7,9H2,1-3H3,(H,19,22)/t12-/m1/s1. The van der Waals surface area contributed by atoms with Crippen molar-refractivity contribution in [3.8, 4) is 6.19 Å². The first-order chi connectivity index (χ1) is 11.5. The summed E-state index contributed by atoms with van der Waals surface area (Å²) in [6.45, 7) is 6.13. The Labute approximate surface area is 153 Å². The highest BCUT2D eigenvalue weighted by molar-refractivity contribution is 7.89. The van der Waals surface area contributed by atoms with Crippen molar-refractivity contribution in [1.82, 2.24) is 9.62 Å². The van der Waals surface area contributed by atoms with Crippen LogP contribution in [0, 0.1) is 16.9 Å². The number of benzene rings is 1. The number of hydrogen-bond donors (Lipinski definition) is 2. The number of halogens is 1. The first-order valence-corrected chi connectivity index (χ1v) is 9.67. The zero-order chi connectivity index (χ0) is 18.8. The second-order valence-corrected chi connectivity index (χ2v) is 9.09. The topological polar surface area (TPSA) is 102 Å². The van der Waals surface area contributed by atoms with Crippen LogP contribution in [-0.4, -0.2) is 38.4 Å². The average Bonchev–Trinajstić information content (AvgIpc) is 2.94. The fraction of sp³-hybridized carbons (Fsp3) is 0.500. The fourth-order valence-corrected chi connectivity index (χ4v) is 4.12. The molecule has 7 nitrogen and oxygen atoms in total. The Hall–Kier alpha value is -1.82. The Kier molecular flexibility index (Phi) is 5.62. The summed E-state index contributed by atoms with van der Waals surface area (Å²) in [5, 5.41) is 11.6. The smallest absolute Gasteiger partial charge is 0.242 e. The van der Waals surface area contributed by atoms with Gasteiger partial charge in [-0.25, -0.2) is 13.1 Å². The highest BCUT2D eigenvalue weighted by Crippen LogP contribution is 2.27. The predicted octanol–water partition coefficient (Wildman–Crippen LogP) is 2.16. The molecule has 0 radical (unpaired) electrons. The Bertz CT molecular complexity index is 812. The van der Waals surface area contributed by atoms with Crippen LogP contribution in [0.3, 0.4) is 0 Å². The van der Waals surface area contributed by atoms with Gasteiger partial charge in [-0.2, -0.15) is 5.26 Å². The number of carbonyl (C=O) groups excluding carboxylic acids is 1. The van der Waals surface area contributed by atoms with E-state index in [1.165, 1.54) is 17.0 Å². The highest BCUT2D eigenvalue weighted by Gasteiger charge is 2.28. The second-order valence-electron chi connectivity index (χ2n) is 7.00. The maximum absolute atomic E-state index is 12.6. The molecular formula is C16H21ClN4O3S. The summed E-state index contributed by atoms with van der Waals surface area (Å²) in [6.07, 6.45) is 2.55. The first-order valence-electron chi connectivity index (χ1n) is 7.81. The highest BCUT2D eigenvalue weighted by atomic mass is 35.5. The van der Waals surface area contributed by atoms with Gasteiger partial charge in [-0.05, 0) is 24.6 Å². The van der Waals surface area contributed by atoms with Gasteiger partial charge in [0.05, 0.1) is 5.02 Å². The van der Waals surface area contributed by atoms with Crippen LogP contribution in [0.25, 0.3) is 0 Å². The van der Waals surface area contributed by atoms with E-state index in [1.807, 2.05) is 6.19 Å². The van der Waals surface area contributed by atoms with Crippen molar-refractivity contribution in [2.24, 2.45) is 5.41 Å². The summed E-state index contributed by atoms with van der Waals surface area (Å²) in [6, 6.07) is 3.97. The Morgan fingerprint density at radius 2 is 2.08 bits per heavy atom. The van der Waals surface area contributed by atoms with Crippen molar-refractivity contribution in [3.05, 3.63) is 23.2 Å². The summed E-state index contributed by atoms with van der Waals surface area (Å²) < 4.78 is 27.8. The normalized spacial score (nSPS) is 18.0. The minimum atomic E-state index is -3.87. The molecule has 1 amide bonds. The van der Waals surface area contributed by atoms with E-state index in [-0.39, 0.29) is 21.9 Å². The average molecular weight is 385 g/mol. The molecule has 1 aliphatic heterocycles. The van der Waals surface area contributed by atoms with Crippen molar-refractivity contribution in [2.75, 3.05) is 18.4 Å². The monoisotopic (exact) mass is 384 g/mol. The van der Waals surface area contributed by atoms with Crippen molar-refractivity contribution in [3.63, 3.8) is 0 Å². The van der Waals surface area contributed by atoms with Crippen LogP contribution in [0.15, 0.2) is 23.1 Å². The molecule has 1 atom stereocenters. The molecule has 136 valence electrons. The fourth-order valence-electron chi connectivity index (χ4n) is 2.34. The lowest BCUT2D eigenvalue weighted by atomic mass is 9.95. The third-order valence-electron chi connectivity index (χ3n) is 3.81. The van der Waals surface area contributed by atoms with E-state index in [4.69, 9.17) is 16.9 Å². The van der Waals surface area contributed by atoms with Crippen LogP contribution in [0.2, 0.25) is 5.02 Å². The molecule has 2 N–H and O–H groups in total. The number of likely N-dealkylation sites (tertiary alicyclic amines) is 1. The van der Waals surface area contributed by atoms with Gasteiger partial charge in [-0.15, -0.1) is 0 Å². The van der Waals surface area contributed by atoms with Crippen LogP contribution >= 0.6 is 11.6 Å². The molecule has 1 aliphatic rings. The molecule has 0 spiro atoms. The number of hydrogen-bond acceptors (Lipinski definition) is 5. The van der Waals surface area contributed by atoms with Gasteiger partial charge in [0.15, 0.2) is 6.19 Å². The number of nitriles is 1. The van der Waals surface area contributed by atoms with Crippen LogP contribution in [0.4, 0.5) is 5.69 Å². The maximum Gasteiger partial charge on any atom is 0.242 e. The third-order valence-corrected chi connectivity index (χ3v) is 5.81. The molecule has 1 aromatic rings. The maximum atomic E-state index is 12.6. The number of sulfonamides is 1. The molecule has 9 heteroatoms. The minimum Gasteiger partial charge on any atom is -0.326 e. The Morgan fingerprint density at radius 3 is 2.64 bits per heavy atom. The molecule has 0 bridgehead atoms. The van der Waals surface area contributed by atoms with Crippen molar-refractivity contribution in [1.29, 1.82) is 5.26 Å². The molecule has 2 rings (SSSR count). The largest absolute Gasteiger partial charge is 0.326 e. The SMILES string of the molecule is CC(C)(C)C(=O)Nc1ccc(Cl)c(S(=O)(=O)N[C@@H]2CCN(C#N)C2)c1. The van der Waals surface area contributed by atoms with E-state index in [0.29, 0.717) is 25.2 Å². The van der Waals surface area contributed by atoms with E-state index in [2.05, 4.69) is 10.0 Å². The summed E-state index contributed by atoms with van der Waals surface area (Å²) >= 11 is 6.05. The van der Waals surface area contributed by atoms with E-state index in [1.54, 1.807) is 26.8 Å². The van der Waals surface area contributed by atoms with Gasteiger partial charge in [-0.3, -0.25) is 4.79 Å². The predicted molar refractivity (Wildman–Crippen MR) is 95.4 cm³/mol. The summed E-state index contributed by atoms with van der Waals surface area (Å²) in [7, 11) is -3.87. The molecule has 1 aromatic carbocycles. The number of rotatable bonds is 4. The lowest BCUT2D eigenvalue weighted by Gasteiger charge is -2.19. The van der Waals surface area contributed by atoms with Crippen LogP contribution in [0.1, 0.15) is 27.2 Å². The molecule has 0 saturated carbocycles. The van der Waals surface area contributed by atoms with Gasteiger partial charge >= 0.3 is 0 Å². The van der Waals surface area contributed by atoms with Crippen LogP contribution in [-0.2, 0) is 14.8 Å². The number of anilines is 1. The van der Waals surface area contributed by atoms with Crippen molar-refractivity contribution < 1.29 is 13.2 Å². The summed E-state index contributed by atoms with van der Waals surface area (Å²) in [5.74, 6) is -0.230. The lowest BCUT2D eigenvalue weighted by molar-refractivity contribution is -0.123.